The predicted octanol–water partition coefficient (Wildman–Crippen LogP) is 1.58. The summed E-state index contributed by atoms with van der Waals surface area (Å²) < 4.78 is 9.71. The van der Waals surface area contributed by atoms with Crippen molar-refractivity contribution in [2.45, 2.75) is 18.6 Å². The molecule has 1 aromatic carbocycles. The van der Waals surface area contributed by atoms with E-state index in [9.17, 15) is 15.0 Å². The Morgan fingerprint density at radius 3 is 2.71 bits per heavy atom. The fourth-order valence-electron chi connectivity index (χ4n) is 1.80. The number of benzene rings is 1. The number of azide groups is 1. The fraction of sp³-hybridized carbons (Fsp3) is 0.462. The Labute approximate surface area is 121 Å². The summed E-state index contributed by atoms with van der Waals surface area (Å²) in [5, 5.41) is 23.3. The number of hydrogen-bond acceptors (Lipinski definition) is 6. The van der Waals surface area contributed by atoms with Crippen LogP contribution in [0, 0.1) is 0 Å². The maximum atomic E-state index is 11.4. The van der Waals surface area contributed by atoms with Gasteiger partial charge in [-0.05, 0) is 24.1 Å². The van der Waals surface area contributed by atoms with E-state index < -0.39 is 18.2 Å². The molecular formula is C13H17N3O5. The molecule has 114 valence electrons. The average Bonchev–Trinajstić information content (AvgIpc) is 2.52. The highest BCUT2D eigenvalue weighted by molar-refractivity contribution is 5.89. The van der Waals surface area contributed by atoms with E-state index in [4.69, 9.17) is 10.3 Å². The normalized spacial score (nSPS) is 13.0. The summed E-state index contributed by atoms with van der Waals surface area (Å²) in [6, 6.07) is 4.37. The topological polar surface area (TPSA) is 125 Å². The highest BCUT2D eigenvalue weighted by Crippen LogP contribution is 2.29. The van der Waals surface area contributed by atoms with Gasteiger partial charge in [-0.25, -0.2) is 4.79 Å². The van der Waals surface area contributed by atoms with E-state index in [1.165, 1.54) is 32.4 Å². The first-order chi connectivity index (χ1) is 10.0. The van der Waals surface area contributed by atoms with Crippen molar-refractivity contribution in [1.82, 2.24) is 0 Å². The van der Waals surface area contributed by atoms with Crippen LogP contribution in [0.3, 0.4) is 0 Å². The van der Waals surface area contributed by atoms with Gasteiger partial charge in [0.25, 0.3) is 0 Å². The highest BCUT2D eigenvalue weighted by atomic mass is 16.5. The van der Waals surface area contributed by atoms with Gasteiger partial charge in [0.1, 0.15) is 11.9 Å². The number of esters is 1. The van der Waals surface area contributed by atoms with Gasteiger partial charge in [-0.2, -0.15) is 0 Å². The number of rotatable bonds is 7. The van der Waals surface area contributed by atoms with E-state index in [1.54, 1.807) is 0 Å². The van der Waals surface area contributed by atoms with Crippen molar-refractivity contribution in [2.75, 3.05) is 20.8 Å². The van der Waals surface area contributed by atoms with Crippen molar-refractivity contribution in [3.05, 3.63) is 39.8 Å². The minimum atomic E-state index is -1.22. The lowest BCUT2D eigenvalue weighted by Crippen LogP contribution is -2.20. The summed E-state index contributed by atoms with van der Waals surface area (Å²) in [4.78, 5) is 14.0. The number of aliphatic hydroxyl groups excluding tert-OH is 2. The van der Waals surface area contributed by atoms with E-state index in [1.807, 2.05) is 0 Å². The fourth-order valence-corrected chi connectivity index (χ4v) is 1.80. The first-order valence-corrected chi connectivity index (χ1v) is 6.18. The largest absolute Gasteiger partial charge is 0.496 e. The van der Waals surface area contributed by atoms with Gasteiger partial charge in [-0.3, -0.25) is 0 Å². The van der Waals surface area contributed by atoms with Crippen LogP contribution >= 0.6 is 0 Å². The molecular weight excluding hydrogens is 278 g/mol. The van der Waals surface area contributed by atoms with Gasteiger partial charge < -0.3 is 19.7 Å². The Balaban J connectivity index is 2.95. The maximum Gasteiger partial charge on any atom is 0.337 e. The zero-order valence-corrected chi connectivity index (χ0v) is 11.8. The summed E-state index contributed by atoms with van der Waals surface area (Å²) in [5.74, 6) is -0.272. The lowest BCUT2D eigenvalue weighted by molar-refractivity contribution is 0.0137. The molecule has 21 heavy (non-hydrogen) atoms. The molecule has 0 radical (unpaired) electrons. The summed E-state index contributed by atoms with van der Waals surface area (Å²) in [6.07, 6.45) is -2.23. The molecule has 0 aliphatic carbocycles. The minimum absolute atomic E-state index is 0.0668. The molecule has 0 saturated heterocycles. The van der Waals surface area contributed by atoms with E-state index >= 15 is 0 Å². The van der Waals surface area contributed by atoms with Crippen molar-refractivity contribution in [3.63, 3.8) is 0 Å². The van der Waals surface area contributed by atoms with Crippen LogP contribution in [-0.4, -0.2) is 43.1 Å². The maximum absolute atomic E-state index is 11.4. The standard InChI is InChI=1S/C13H17N3O5/c1-20-11-7-8(13(19)21-2)3-4-9(11)12(18)10(17)5-6-15-16-14/h3-4,7,10,12,17-18H,5-6H2,1-2H3. The van der Waals surface area contributed by atoms with Gasteiger partial charge in [0.15, 0.2) is 0 Å². The Hall–Kier alpha value is -2.28. The molecule has 8 heteroatoms. The second-order valence-electron chi connectivity index (χ2n) is 4.20. The zero-order valence-electron chi connectivity index (χ0n) is 11.8. The van der Waals surface area contributed by atoms with Gasteiger partial charge >= 0.3 is 5.97 Å². The Kier molecular flexibility index (Phi) is 6.48. The molecule has 0 bridgehead atoms. The van der Waals surface area contributed by atoms with Crippen molar-refractivity contribution in [3.8, 4) is 5.75 Å². The van der Waals surface area contributed by atoms with Crippen molar-refractivity contribution in [1.29, 1.82) is 0 Å². The summed E-state index contributed by atoms with van der Waals surface area (Å²) in [7, 11) is 2.65. The van der Waals surface area contributed by atoms with Gasteiger partial charge in [-0.15, -0.1) is 0 Å². The molecule has 0 spiro atoms. The number of nitrogens with zero attached hydrogens (tertiary/aromatic N) is 3. The molecule has 1 aromatic rings. The first kappa shape index (κ1) is 16.8. The molecule has 0 aliphatic rings. The molecule has 0 heterocycles. The van der Waals surface area contributed by atoms with Crippen molar-refractivity contribution in [2.24, 2.45) is 5.11 Å². The summed E-state index contributed by atoms with van der Waals surface area (Å²) in [6.45, 7) is 0.0668. The molecule has 8 nitrogen and oxygen atoms in total. The van der Waals surface area contributed by atoms with Gasteiger partial charge in [-0.1, -0.05) is 11.2 Å². The van der Waals surface area contributed by atoms with Crippen molar-refractivity contribution < 1.29 is 24.5 Å². The first-order valence-electron chi connectivity index (χ1n) is 6.18. The number of carbonyl (C=O) groups excluding carboxylic acids is 1. The molecule has 0 fully saturated rings. The third-order valence-electron chi connectivity index (χ3n) is 2.93. The van der Waals surface area contributed by atoms with Gasteiger partial charge in [0.05, 0.1) is 25.9 Å². The van der Waals surface area contributed by atoms with Crippen LogP contribution in [0.25, 0.3) is 10.4 Å². The van der Waals surface area contributed by atoms with Crippen LogP contribution in [-0.2, 0) is 4.74 Å². The quantitative estimate of drug-likeness (QED) is 0.342. The molecule has 1 rings (SSSR count). The molecule has 0 aliphatic heterocycles. The molecule has 0 aromatic heterocycles. The number of aliphatic hydroxyl groups is 2. The molecule has 2 unspecified atom stereocenters. The SMILES string of the molecule is COC(=O)c1ccc(C(O)C(O)CCN=[N+]=[N-])c(OC)c1. The van der Waals surface area contributed by atoms with Crippen LogP contribution in [0.1, 0.15) is 28.4 Å². The van der Waals surface area contributed by atoms with Crippen LogP contribution < -0.4 is 4.74 Å². The van der Waals surface area contributed by atoms with E-state index in [0.717, 1.165) is 0 Å². The number of carbonyl (C=O) groups is 1. The third-order valence-corrected chi connectivity index (χ3v) is 2.93. The second-order valence-corrected chi connectivity index (χ2v) is 4.20. The molecule has 0 amide bonds. The Bertz CT molecular complexity index is 543. The van der Waals surface area contributed by atoms with Crippen LogP contribution in [0.2, 0.25) is 0 Å². The predicted molar refractivity (Wildman–Crippen MR) is 73.9 cm³/mol. The average molecular weight is 295 g/mol. The van der Waals surface area contributed by atoms with Crippen molar-refractivity contribution >= 4 is 5.97 Å². The van der Waals surface area contributed by atoms with E-state index in [0.29, 0.717) is 5.56 Å². The highest BCUT2D eigenvalue weighted by Gasteiger charge is 2.22. The number of methoxy groups -OCH3 is 2. The van der Waals surface area contributed by atoms with Crippen LogP contribution in [0.15, 0.2) is 23.3 Å². The van der Waals surface area contributed by atoms with Gasteiger partial charge in [0, 0.05) is 17.0 Å². The lowest BCUT2D eigenvalue weighted by atomic mass is 9.99. The lowest BCUT2D eigenvalue weighted by Gasteiger charge is -2.20. The Morgan fingerprint density at radius 1 is 1.43 bits per heavy atom. The van der Waals surface area contributed by atoms with Crippen LogP contribution in [0.5, 0.6) is 5.75 Å². The monoisotopic (exact) mass is 295 g/mol. The molecule has 2 N–H and O–H groups in total. The van der Waals surface area contributed by atoms with Gasteiger partial charge in [0.2, 0.25) is 0 Å². The smallest absolute Gasteiger partial charge is 0.337 e. The molecule has 0 saturated carbocycles. The van der Waals surface area contributed by atoms with E-state index in [-0.39, 0.29) is 24.3 Å². The zero-order chi connectivity index (χ0) is 15.8. The third kappa shape index (κ3) is 4.35. The summed E-state index contributed by atoms with van der Waals surface area (Å²) in [5.41, 5.74) is 8.78. The number of hydrogen-bond donors (Lipinski definition) is 2. The molecule has 2 atom stereocenters. The minimum Gasteiger partial charge on any atom is -0.496 e. The summed E-state index contributed by atoms with van der Waals surface area (Å²) >= 11 is 0. The van der Waals surface area contributed by atoms with E-state index in [2.05, 4.69) is 14.8 Å². The second kappa shape index (κ2) is 8.11. The Morgan fingerprint density at radius 2 is 2.14 bits per heavy atom. The van der Waals surface area contributed by atoms with Crippen LogP contribution in [0.4, 0.5) is 0 Å². The number of ether oxygens (including phenoxy) is 2.